The number of benzene rings is 3. The van der Waals surface area contributed by atoms with Gasteiger partial charge in [-0.1, -0.05) is 18.2 Å². The zero-order valence-electron chi connectivity index (χ0n) is 15.8. The van der Waals surface area contributed by atoms with Gasteiger partial charge in [-0.25, -0.2) is 9.69 Å². The van der Waals surface area contributed by atoms with Crippen LogP contribution in [0.2, 0.25) is 0 Å². The van der Waals surface area contributed by atoms with Crippen LogP contribution in [0.1, 0.15) is 42.2 Å². The van der Waals surface area contributed by atoms with Gasteiger partial charge in [0.2, 0.25) is 0 Å². The maximum absolute atomic E-state index is 12.9. The monoisotopic (exact) mass is 387 g/mol. The summed E-state index contributed by atoms with van der Waals surface area (Å²) in [6, 6.07) is 16.2. The van der Waals surface area contributed by atoms with Crippen LogP contribution in [0.5, 0.6) is 11.5 Å². The van der Waals surface area contributed by atoms with Gasteiger partial charge >= 0.3 is 5.97 Å². The Balaban J connectivity index is 1.70. The largest absolute Gasteiger partial charge is 0.478 e. The number of para-hydroxylation sites is 1. The lowest BCUT2D eigenvalue weighted by molar-refractivity contribution is 0.0698. The van der Waals surface area contributed by atoms with Crippen LogP contribution in [0.15, 0.2) is 60.7 Å². The van der Waals surface area contributed by atoms with Crippen LogP contribution in [-0.2, 0) is 0 Å². The highest BCUT2D eigenvalue weighted by Gasteiger charge is 2.38. The molecule has 1 N–H and O–H groups in total. The summed E-state index contributed by atoms with van der Waals surface area (Å²) in [5.41, 5.74) is 2.53. The van der Waals surface area contributed by atoms with Crippen molar-refractivity contribution in [2.75, 3.05) is 4.90 Å². The Morgan fingerprint density at radius 1 is 0.828 bits per heavy atom. The molecule has 0 saturated carbocycles. The molecular weight excluding hydrogens is 370 g/mol. The summed E-state index contributed by atoms with van der Waals surface area (Å²) in [5, 5.41) is 9.40. The van der Waals surface area contributed by atoms with Crippen LogP contribution in [0, 0.1) is 13.8 Å². The van der Waals surface area contributed by atoms with E-state index in [4.69, 9.17) is 4.74 Å². The number of rotatable bonds is 4. The van der Waals surface area contributed by atoms with Gasteiger partial charge in [0.05, 0.1) is 22.4 Å². The van der Waals surface area contributed by atoms with Gasteiger partial charge in [-0.3, -0.25) is 9.59 Å². The van der Waals surface area contributed by atoms with Crippen LogP contribution in [-0.4, -0.2) is 22.9 Å². The van der Waals surface area contributed by atoms with E-state index in [0.717, 1.165) is 16.0 Å². The van der Waals surface area contributed by atoms with E-state index in [2.05, 4.69) is 0 Å². The second-order valence-corrected chi connectivity index (χ2v) is 6.82. The fourth-order valence-corrected chi connectivity index (χ4v) is 3.27. The molecule has 3 aromatic carbocycles. The summed E-state index contributed by atoms with van der Waals surface area (Å²) in [4.78, 5) is 38.1. The number of ether oxygens (including phenoxy) is 1. The molecule has 1 aliphatic heterocycles. The SMILES string of the molecule is Cc1ccc(Oc2ccc3c(c2)C(=O)N(c2ccccc2C(=O)O)C3=O)cc1C. The molecule has 0 aromatic heterocycles. The van der Waals surface area contributed by atoms with Crippen molar-refractivity contribution in [3.63, 3.8) is 0 Å². The summed E-state index contributed by atoms with van der Waals surface area (Å²) >= 11 is 0. The number of carboxylic acid groups (broad SMARTS) is 1. The average Bonchev–Trinajstić information content (AvgIpc) is 2.95. The first kappa shape index (κ1) is 18.4. The predicted octanol–water partition coefficient (Wildman–Crippen LogP) is 4.59. The predicted molar refractivity (Wildman–Crippen MR) is 107 cm³/mol. The van der Waals surface area contributed by atoms with Gasteiger partial charge in [-0.15, -0.1) is 0 Å². The number of imide groups is 1. The highest BCUT2D eigenvalue weighted by atomic mass is 16.5. The lowest BCUT2D eigenvalue weighted by Gasteiger charge is -2.16. The molecule has 3 aromatic rings. The van der Waals surface area contributed by atoms with Crippen molar-refractivity contribution in [2.45, 2.75) is 13.8 Å². The molecule has 0 fully saturated rings. The molecule has 0 unspecified atom stereocenters. The van der Waals surface area contributed by atoms with E-state index >= 15 is 0 Å². The third kappa shape index (κ3) is 3.14. The summed E-state index contributed by atoms with van der Waals surface area (Å²) < 4.78 is 5.85. The molecule has 4 rings (SSSR count). The number of carbonyl (C=O) groups excluding carboxylic acids is 2. The van der Waals surface area contributed by atoms with E-state index in [1.165, 1.54) is 24.3 Å². The molecule has 29 heavy (non-hydrogen) atoms. The number of amides is 2. The van der Waals surface area contributed by atoms with Crippen LogP contribution in [0.25, 0.3) is 0 Å². The topological polar surface area (TPSA) is 83.9 Å². The minimum atomic E-state index is -1.21. The highest BCUT2D eigenvalue weighted by Crippen LogP contribution is 2.34. The first-order chi connectivity index (χ1) is 13.9. The molecule has 144 valence electrons. The Hall–Kier alpha value is -3.93. The number of hydrogen-bond donors (Lipinski definition) is 1. The minimum absolute atomic E-state index is 0.0443. The molecule has 6 nitrogen and oxygen atoms in total. The lowest BCUT2D eigenvalue weighted by Crippen LogP contribution is -2.30. The molecule has 0 spiro atoms. The maximum atomic E-state index is 12.9. The number of anilines is 1. The third-order valence-corrected chi connectivity index (χ3v) is 4.95. The standard InChI is InChI=1S/C23H17NO5/c1-13-7-8-15(11-14(13)2)29-16-9-10-17-19(12-16)22(26)24(21(17)25)20-6-4-3-5-18(20)23(27)28/h3-12H,1-2H3,(H,27,28). The van der Waals surface area contributed by atoms with Gasteiger partial charge in [0, 0.05) is 0 Å². The molecule has 0 aliphatic carbocycles. The molecular formula is C23H17NO5. The van der Waals surface area contributed by atoms with E-state index in [1.807, 2.05) is 32.0 Å². The summed E-state index contributed by atoms with van der Waals surface area (Å²) in [6.07, 6.45) is 0. The van der Waals surface area contributed by atoms with Gasteiger partial charge in [0.15, 0.2) is 0 Å². The molecule has 0 atom stereocenters. The number of aryl methyl sites for hydroxylation is 2. The summed E-state index contributed by atoms with van der Waals surface area (Å²) in [6.45, 7) is 3.98. The third-order valence-electron chi connectivity index (χ3n) is 4.95. The fourth-order valence-electron chi connectivity index (χ4n) is 3.27. The molecule has 0 radical (unpaired) electrons. The molecule has 0 bridgehead atoms. The van der Waals surface area contributed by atoms with Crippen LogP contribution >= 0.6 is 0 Å². The van der Waals surface area contributed by atoms with Gasteiger partial charge in [-0.05, 0) is 67.4 Å². The number of carbonyl (C=O) groups is 3. The highest BCUT2D eigenvalue weighted by molar-refractivity contribution is 6.35. The van der Waals surface area contributed by atoms with Crippen molar-refractivity contribution in [3.8, 4) is 11.5 Å². The van der Waals surface area contributed by atoms with Crippen molar-refractivity contribution < 1.29 is 24.2 Å². The quantitative estimate of drug-likeness (QED) is 0.662. The van der Waals surface area contributed by atoms with Crippen LogP contribution in [0.3, 0.4) is 0 Å². The number of carboxylic acids is 1. The molecule has 2 amide bonds. The maximum Gasteiger partial charge on any atom is 0.337 e. The van der Waals surface area contributed by atoms with Crippen molar-refractivity contribution in [1.82, 2.24) is 0 Å². The Kier molecular flexibility index (Phi) is 4.39. The van der Waals surface area contributed by atoms with Crippen molar-refractivity contribution in [2.24, 2.45) is 0 Å². The summed E-state index contributed by atoms with van der Waals surface area (Å²) in [5.74, 6) is -1.31. The van der Waals surface area contributed by atoms with Crippen molar-refractivity contribution >= 4 is 23.5 Å². The summed E-state index contributed by atoms with van der Waals surface area (Å²) in [7, 11) is 0. The molecule has 6 heteroatoms. The van der Waals surface area contributed by atoms with Crippen LogP contribution in [0.4, 0.5) is 5.69 Å². The second-order valence-electron chi connectivity index (χ2n) is 6.82. The molecule has 0 saturated heterocycles. The first-order valence-corrected chi connectivity index (χ1v) is 8.97. The van der Waals surface area contributed by atoms with Gasteiger partial charge < -0.3 is 9.84 Å². The van der Waals surface area contributed by atoms with E-state index in [-0.39, 0.29) is 22.4 Å². The van der Waals surface area contributed by atoms with Crippen molar-refractivity contribution in [1.29, 1.82) is 0 Å². The van der Waals surface area contributed by atoms with E-state index in [0.29, 0.717) is 11.5 Å². The van der Waals surface area contributed by atoms with Gasteiger partial charge in [0.1, 0.15) is 11.5 Å². The van der Waals surface area contributed by atoms with Crippen LogP contribution < -0.4 is 9.64 Å². The lowest BCUT2D eigenvalue weighted by atomic mass is 10.1. The zero-order valence-corrected chi connectivity index (χ0v) is 15.8. The van der Waals surface area contributed by atoms with Gasteiger partial charge in [0.25, 0.3) is 11.8 Å². The molecule has 1 heterocycles. The Morgan fingerprint density at radius 2 is 1.48 bits per heavy atom. The Morgan fingerprint density at radius 3 is 2.21 bits per heavy atom. The Bertz CT molecular complexity index is 1180. The smallest absolute Gasteiger partial charge is 0.337 e. The van der Waals surface area contributed by atoms with Crippen molar-refractivity contribution in [3.05, 3.63) is 88.5 Å². The van der Waals surface area contributed by atoms with E-state index in [9.17, 15) is 19.5 Å². The molecule has 1 aliphatic rings. The normalized spacial score (nSPS) is 12.8. The first-order valence-electron chi connectivity index (χ1n) is 8.97. The van der Waals surface area contributed by atoms with Gasteiger partial charge in [-0.2, -0.15) is 0 Å². The zero-order chi connectivity index (χ0) is 20.7. The number of nitrogens with zero attached hydrogens (tertiary/aromatic N) is 1. The second kappa shape index (κ2) is 6.91. The Labute approximate surface area is 167 Å². The number of fused-ring (bicyclic) bond motifs is 1. The minimum Gasteiger partial charge on any atom is -0.478 e. The number of hydrogen-bond acceptors (Lipinski definition) is 4. The number of aromatic carboxylic acids is 1. The fraction of sp³-hybridized carbons (Fsp3) is 0.0870. The average molecular weight is 387 g/mol. The van der Waals surface area contributed by atoms with E-state index in [1.54, 1.807) is 18.2 Å². The van der Waals surface area contributed by atoms with E-state index < -0.39 is 17.8 Å².